The third kappa shape index (κ3) is 7.10. The van der Waals surface area contributed by atoms with E-state index in [9.17, 15) is 44.4 Å². The van der Waals surface area contributed by atoms with E-state index >= 15 is 0 Å². The molecule has 15 nitrogen and oxygen atoms in total. The first-order valence-electron chi connectivity index (χ1n) is 19.3. The normalized spacial score (nSPS) is 33.7. The maximum Gasteiger partial charge on any atom is 0.408 e. The van der Waals surface area contributed by atoms with Gasteiger partial charge in [-0.15, -0.1) is 0 Å². The van der Waals surface area contributed by atoms with E-state index in [1.165, 1.54) is 39.8 Å². The van der Waals surface area contributed by atoms with Gasteiger partial charge in [-0.2, -0.15) is 0 Å². The Kier molecular flexibility index (Phi) is 11.2. The van der Waals surface area contributed by atoms with Crippen LogP contribution in [0.4, 0.5) is 4.79 Å². The molecule has 15 heteroatoms. The zero-order valence-electron chi connectivity index (χ0n) is 33.9. The summed E-state index contributed by atoms with van der Waals surface area (Å²) in [4.78, 5) is 68.8. The van der Waals surface area contributed by atoms with Gasteiger partial charge >= 0.3 is 24.0 Å². The van der Waals surface area contributed by atoms with Crippen molar-refractivity contribution in [2.75, 3.05) is 6.61 Å². The van der Waals surface area contributed by atoms with E-state index in [1.807, 2.05) is 0 Å². The van der Waals surface area contributed by atoms with Gasteiger partial charge in [0.2, 0.25) is 0 Å². The Labute approximate surface area is 336 Å². The average Bonchev–Trinajstić information content (AvgIpc) is 3.14. The number of hydrogen-bond acceptors (Lipinski definition) is 14. The van der Waals surface area contributed by atoms with Gasteiger partial charge in [-0.1, -0.05) is 69.3 Å². The van der Waals surface area contributed by atoms with Gasteiger partial charge in [0, 0.05) is 36.2 Å². The van der Waals surface area contributed by atoms with E-state index in [-0.39, 0.29) is 29.7 Å². The number of aliphatic hydroxyl groups is 4. The van der Waals surface area contributed by atoms with Crippen molar-refractivity contribution in [3.8, 4) is 0 Å². The summed E-state index contributed by atoms with van der Waals surface area (Å²) in [5, 5.41) is 51.7. The van der Waals surface area contributed by atoms with Crippen molar-refractivity contribution >= 4 is 29.8 Å². The van der Waals surface area contributed by atoms with Gasteiger partial charge in [-0.25, -0.2) is 14.4 Å². The largest absolute Gasteiger partial charge is 0.456 e. The van der Waals surface area contributed by atoms with Crippen LogP contribution in [0.15, 0.2) is 71.8 Å². The predicted octanol–water partition coefficient (Wildman–Crippen LogP) is 3.26. The molecule has 3 fully saturated rings. The molecule has 3 aliphatic carbocycles. The zero-order chi connectivity index (χ0) is 42.7. The number of amides is 1. The van der Waals surface area contributed by atoms with Gasteiger partial charge in [0.1, 0.15) is 35.6 Å². The maximum absolute atomic E-state index is 14.8. The molecule has 5 N–H and O–H groups in total. The van der Waals surface area contributed by atoms with E-state index in [4.69, 9.17) is 23.7 Å². The number of benzene rings is 2. The lowest BCUT2D eigenvalue weighted by atomic mass is 9.44. The fourth-order valence-electron chi connectivity index (χ4n) is 9.54. The fraction of sp³-hybridized carbons (Fsp3) is 0.558. The molecule has 1 saturated heterocycles. The Bertz CT molecular complexity index is 1980. The Morgan fingerprint density at radius 3 is 2.10 bits per heavy atom. The van der Waals surface area contributed by atoms with Crippen molar-refractivity contribution in [1.29, 1.82) is 0 Å². The summed E-state index contributed by atoms with van der Waals surface area (Å²) in [6.07, 6.45) is -11.4. The summed E-state index contributed by atoms with van der Waals surface area (Å²) in [5.74, 6) is -5.32. The second kappa shape index (κ2) is 15.2. The minimum absolute atomic E-state index is 0.0851. The van der Waals surface area contributed by atoms with Gasteiger partial charge in [-0.3, -0.25) is 9.59 Å². The molecule has 4 aliphatic rings. The van der Waals surface area contributed by atoms with Crippen LogP contribution in [0, 0.1) is 16.7 Å². The number of carbonyl (C=O) groups excluding carboxylic acids is 5. The van der Waals surface area contributed by atoms with Crippen LogP contribution in [0.3, 0.4) is 0 Å². The molecule has 0 radical (unpaired) electrons. The number of ketones is 1. The second-order valence-corrected chi connectivity index (χ2v) is 17.6. The summed E-state index contributed by atoms with van der Waals surface area (Å²) in [7, 11) is 0. The number of ether oxygens (including phenoxy) is 5. The van der Waals surface area contributed by atoms with Gasteiger partial charge < -0.3 is 49.4 Å². The van der Waals surface area contributed by atoms with E-state index in [0.717, 1.165) is 6.92 Å². The van der Waals surface area contributed by atoms with E-state index < -0.39 is 112 Å². The molecule has 0 spiro atoms. The number of esters is 3. The molecule has 0 aromatic heterocycles. The molecular formula is C43H53NO14. The SMILES string of the molecule is CC(=O)O[C@@]12COC1CC(O)C1(C)C(O)C(=O)C3=C(C)C(OC(=O)C(O)[C@@H](NC(=O)OC(C)(C)C)c4ccccc4)CC(O)(C(OC(=O)c4ccccc4)C12)C3(C)C. The highest BCUT2D eigenvalue weighted by Gasteiger charge is 2.78. The lowest BCUT2D eigenvalue weighted by Gasteiger charge is -2.68. The van der Waals surface area contributed by atoms with Crippen LogP contribution >= 0.6 is 0 Å². The third-order valence-corrected chi connectivity index (χ3v) is 12.6. The van der Waals surface area contributed by atoms with Crippen molar-refractivity contribution in [2.45, 2.75) is 128 Å². The highest BCUT2D eigenvalue weighted by molar-refractivity contribution is 6.02. The quantitative estimate of drug-likeness (QED) is 0.191. The number of Topliss-reactive ketones (excluding diaryl/α,β-unsaturated/α-hetero) is 1. The predicted molar refractivity (Wildman–Crippen MR) is 204 cm³/mol. The Morgan fingerprint density at radius 1 is 0.948 bits per heavy atom. The maximum atomic E-state index is 14.8. The summed E-state index contributed by atoms with van der Waals surface area (Å²) in [5.41, 5.74) is -8.21. The zero-order valence-corrected chi connectivity index (χ0v) is 33.9. The lowest BCUT2D eigenvalue weighted by Crippen LogP contribution is -2.82. The molecule has 2 bridgehead atoms. The number of carbonyl (C=O) groups is 5. The molecule has 6 rings (SSSR count). The van der Waals surface area contributed by atoms with Crippen LogP contribution < -0.4 is 5.32 Å². The number of nitrogens with one attached hydrogen (secondary N) is 1. The number of hydrogen-bond donors (Lipinski definition) is 5. The Hall–Kier alpha value is -4.67. The van der Waals surface area contributed by atoms with E-state index in [2.05, 4.69) is 5.32 Å². The van der Waals surface area contributed by atoms with Crippen LogP contribution in [0.1, 0.15) is 90.2 Å². The smallest absolute Gasteiger partial charge is 0.408 e. The van der Waals surface area contributed by atoms with Crippen molar-refractivity contribution in [3.05, 3.63) is 82.9 Å². The van der Waals surface area contributed by atoms with Crippen LogP contribution in [0.25, 0.3) is 0 Å². The van der Waals surface area contributed by atoms with Crippen molar-refractivity contribution in [1.82, 2.24) is 5.32 Å². The number of fused-ring (bicyclic) bond motifs is 5. The van der Waals surface area contributed by atoms with Crippen LogP contribution in [0.5, 0.6) is 0 Å². The Balaban J connectivity index is 1.49. The van der Waals surface area contributed by atoms with Crippen molar-refractivity contribution in [2.24, 2.45) is 16.7 Å². The summed E-state index contributed by atoms with van der Waals surface area (Å²) in [6, 6.07) is 14.6. The molecule has 58 heavy (non-hydrogen) atoms. The second-order valence-electron chi connectivity index (χ2n) is 17.6. The molecular weight excluding hydrogens is 754 g/mol. The first kappa shape index (κ1) is 42.9. The monoisotopic (exact) mass is 807 g/mol. The number of aliphatic hydroxyl groups excluding tert-OH is 3. The van der Waals surface area contributed by atoms with Crippen molar-refractivity contribution in [3.63, 3.8) is 0 Å². The lowest BCUT2D eigenvalue weighted by molar-refractivity contribution is -0.357. The van der Waals surface area contributed by atoms with E-state index in [1.54, 1.807) is 69.3 Å². The van der Waals surface area contributed by atoms with Gasteiger partial charge in [0.05, 0.1) is 30.2 Å². The number of rotatable bonds is 8. The van der Waals surface area contributed by atoms with Crippen molar-refractivity contribution < 1.29 is 68.1 Å². The molecule has 1 heterocycles. The Morgan fingerprint density at radius 2 is 1.55 bits per heavy atom. The molecule has 1 amide bonds. The average molecular weight is 808 g/mol. The topological polar surface area (TPSA) is 224 Å². The van der Waals surface area contributed by atoms with Crippen LogP contribution in [-0.2, 0) is 38.1 Å². The number of alkyl carbamates (subject to hydrolysis) is 1. The first-order chi connectivity index (χ1) is 27.0. The van der Waals surface area contributed by atoms with Gasteiger partial charge in [0.25, 0.3) is 0 Å². The molecule has 2 aromatic rings. The molecule has 9 unspecified atom stereocenters. The summed E-state index contributed by atoms with van der Waals surface area (Å²) in [6.45, 7) is 11.8. The van der Waals surface area contributed by atoms with E-state index in [0.29, 0.717) is 5.56 Å². The molecule has 2 aromatic carbocycles. The molecule has 314 valence electrons. The minimum Gasteiger partial charge on any atom is -0.456 e. The highest BCUT2D eigenvalue weighted by Crippen LogP contribution is 2.64. The summed E-state index contributed by atoms with van der Waals surface area (Å²) < 4.78 is 29.5. The molecule has 11 atom stereocenters. The van der Waals surface area contributed by atoms with Crippen LogP contribution in [-0.4, -0.2) is 110 Å². The third-order valence-electron chi connectivity index (χ3n) is 12.6. The molecule has 1 aliphatic heterocycles. The first-order valence-corrected chi connectivity index (χ1v) is 19.3. The summed E-state index contributed by atoms with van der Waals surface area (Å²) >= 11 is 0. The molecule has 2 saturated carbocycles. The minimum atomic E-state index is -2.37. The van der Waals surface area contributed by atoms with Gasteiger partial charge in [0.15, 0.2) is 17.5 Å². The standard InChI is InChI=1S/C43H53NO14/c1-22-26(55-37(51)32(48)30(24-15-11-9-12-16-24)44-38(52)58-39(3,4)5)20-43(53)35(56-36(50)25-17-13-10-14-18-25)33-41(8,34(49)31(47)29(22)40(43,6)7)27(46)19-28-42(33,21-54-28)57-23(2)45/h9-18,26-28,30,32-35,46,48-49,53H,19-21H2,1-8H3,(H,44,52)/t26?,27?,28?,30-,32?,33?,34?,35?,41?,42-,43?/m0/s1. The fourth-order valence-corrected chi connectivity index (χ4v) is 9.54. The highest BCUT2D eigenvalue weighted by atomic mass is 16.6. The van der Waals surface area contributed by atoms with Crippen LogP contribution in [0.2, 0.25) is 0 Å². The van der Waals surface area contributed by atoms with Gasteiger partial charge in [-0.05, 0) is 51.0 Å².